The number of alkyl carbamates (subject to hydrolysis) is 1. The van der Waals surface area contributed by atoms with Gasteiger partial charge in [-0.1, -0.05) is 30.7 Å². The number of halogens is 1. The lowest BCUT2D eigenvalue weighted by molar-refractivity contribution is -0.135. The molecule has 0 saturated heterocycles. The van der Waals surface area contributed by atoms with Crippen molar-refractivity contribution >= 4 is 81.6 Å². The van der Waals surface area contributed by atoms with Crippen molar-refractivity contribution in [2.45, 2.75) is 141 Å². The number of hydrogen-bond acceptors (Lipinski definition) is 15. The van der Waals surface area contributed by atoms with Crippen LogP contribution in [0.3, 0.4) is 0 Å². The minimum atomic E-state index is -1.30. The van der Waals surface area contributed by atoms with Gasteiger partial charge in [0.25, 0.3) is 0 Å². The molecule has 26 heteroatoms. The zero-order valence-electron chi connectivity index (χ0n) is 45.9. The number of nitrogens with one attached hydrogen (secondary N) is 8. The third-order valence-corrected chi connectivity index (χ3v) is 13.0. The Morgan fingerprint density at radius 1 is 0.696 bits per heavy atom. The highest BCUT2D eigenvalue weighted by Crippen LogP contribution is 2.25. The molecule has 1 unspecified atom stereocenters. The van der Waals surface area contributed by atoms with E-state index >= 15 is 0 Å². The second-order valence-electron chi connectivity index (χ2n) is 19.2. The lowest BCUT2D eigenvalue weighted by atomic mass is 10.0. The fourth-order valence-corrected chi connectivity index (χ4v) is 8.41. The average Bonchev–Trinajstić information content (AvgIpc) is 3.40. The van der Waals surface area contributed by atoms with Crippen molar-refractivity contribution in [3.8, 4) is 5.75 Å². The zero-order valence-corrected chi connectivity index (χ0v) is 46.7. The summed E-state index contributed by atoms with van der Waals surface area (Å²) in [5, 5.41) is 32.9. The molecule has 3 rings (SSSR count). The highest BCUT2D eigenvalue weighted by molar-refractivity contribution is 6.31. The predicted octanol–water partition coefficient (Wildman–Crippen LogP) is 0.882. The number of aromatic hydroxyl groups is 1. The summed E-state index contributed by atoms with van der Waals surface area (Å²) in [5.74, 6) is -5.08. The smallest absolute Gasteiger partial charge is 0.407 e. The molecule has 1 heterocycles. The molecular weight excluding hydrogens is 1040 g/mol. The molecule has 0 fully saturated rings. The van der Waals surface area contributed by atoms with Crippen molar-refractivity contribution in [1.29, 1.82) is 0 Å². The molecule has 436 valence electrons. The van der Waals surface area contributed by atoms with Crippen LogP contribution in [0.25, 0.3) is 10.9 Å². The van der Waals surface area contributed by atoms with Crippen LogP contribution in [-0.2, 0) is 44.7 Å². The molecule has 8 amide bonds. The number of phenols is 1. The number of carbonyl (C=O) groups excluding carboxylic acids is 8. The van der Waals surface area contributed by atoms with E-state index in [1.54, 1.807) is 18.3 Å². The van der Waals surface area contributed by atoms with Gasteiger partial charge in [0, 0.05) is 61.3 Å². The normalized spacial score (nSPS) is 13.7. The van der Waals surface area contributed by atoms with Crippen molar-refractivity contribution in [1.82, 2.24) is 47.1 Å². The van der Waals surface area contributed by atoms with Crippen LogP contribution in [0.1, 0.15) is 97.5 Å². The first kappa shape index (κ1) is 65.8. The molecule has 0 aliphatic heterocycles. The summed E-state index contributed by atoms with van der Waals surface area (Å²) in [6.45, 7) is 9.05. The maximum absolute atomic E-state index is 14.1. The van der Waals surface area contributed by atoms with Crippen molar-refractivity contribution < 1.29 is 48.2 Å². The fourth-order valence-electron chi connectivity index (χ4n) is 8.24. The number of phenolic OH excluding ortho intramolecular Hbond substituents is 1. The second-order valence-corrected chi connectivity index (χ2v) is 19.6. The van der Waals surface area contributed by atoms with E-state index in [2.05, 4.69) is 64.3 Å². The van der Waals surface area contributed by atoms with Crippen LogP contribution in [0.15, 0.2) is 59.7 Å². The van der Waals surface area contributed by atoms with E-state index < -0.39 is 83.7 Å². The number of fused-ring (bicyclic) bond motifs is 1. The number of guanidine groups is 1. The molecule has 0 saturated carbocycles. The van der Waals surface area contributed by atoms with Crippen molar-refractivity contribution in [3.05, 3.63) is 65.3 Å². The lowest BCUT2D eigenvalue weighted by Crippen LogP contribution is -2.59. The number of nitrogens with zero attached hydrogens (tertiary/aromatic N) is 3. The Kier molecular flexibility index (Phi) is 29.2. The molecule has 2 aromatic carbocycles. The van der Waals surface area contributed by atoms with Crippen LogP contribution in [0, 0.1) is 0 Å². The van der Waals surface area contributed by atoms with E-state index in [-0.39, 0.29) is 82.4 Å². The van der Waals surface area contributed by atoms with Gasteiger partial charge in [0.1, 0.15) is 48.6 Å². The number of primary amides is 1. The topological polar surface area (TPSA) is 395 Å². The van der Waals surface area contributed by atoms with Gasteiger partial charge in [-0.05, 0) is 140 Å². The molecular formula is C53H82ClN15O10. The highest BCUT2D eigenvalue weighted by atomic mass is 35.5. The van der Waals surface area contributed by atoms with Crippen LogP contribution in [0.5, 0.6) is 5.75 Å². The van der Waals surface area contributed by atoms with Crippen molar-refractivity contribution in [2.24, 2.45) is 27.9 Å². The van der Waals surface area contributed by atoms with Crippen LogP contribution in [0.4, 0.5) is 10.5 Å². The number of hydrogen-bond donors (Lipinski definition) is 13. The quantitative estimate of drug-likeness (QED) is 0.0218. The number of aromatic nitrogens is 1. The van der Waals surface area contributed by atoms with Gasteiger partial charge in [0.05, 0.1) is 5.52 Å². The molecule has 0 aliphatic carbocycles. The third kappa shape index (κ3) is 24.8. The number of carbonyl (C=O) groups is 8. The van der Waals surface area contributed by atoms with E-state index in [9.17, 15) is 43.5 Å². The number of ether oxygens (including phenoxy) is 1. The molecule has 79 heavy (non-hydrogen) atoms. The van der Waals surface area contributed by atoms with Gasteiger partial charge in [-0.2, -0.15) is 0 Å². The van der Waals surface area contributed by atoms with E-state index in [1.807, 2.05) is 31.2 Å². The summed E-state index contributed by atoms with van der Waals surface area (Å²) >= 11 is 6.16. The van der Waals surface area contributed by atoms with Crippen LogP contribution in [0.2, 0.25) is 5.02 Å². The number of likely N-dealkylation sites (N-methyl/N-ethyl adjacent to an activating group) is 2. The number of aliphatic imine (C=N–C) groups is 1. The van der Waals surface area contributed by atoms with E-state index in [4.69, 9.17) is 39.3 Å². The Bertz CT molecular complexity index is 2500. The molecule has 25 nitrogen and oxygen atoms in total. The summed E-state index contributed by atoms with van der Waals surface area (Å²) in [6.07, 6.45) is 3.71. The largest absolute Gasteiger partial charge is 0.508 e. The Hall–Kier alpha value is -7.51. The predicted molar refractivity (Wildman–Crippen MR) is 302 cm³/mol. The monoisotopic (exact) mass is 1120 g/mol. The van der Waals surface area contributed by atoms with Crippen LogP contribution >= 0.6 is 11.6 Å². The molecule has 3 aromatic rings. The third-order valence-electron chi connectivity index (χ3n) is 12.7. The molecule has 0 bridgehead atoms. The molecule has 7 atom stereocenters. The summed E-state index contributed by atoms with van der Waals surface area (Å²) in [7, 11) is 1.41. The van der Waals surface area contributed by atoms with Gasteiger partial charge in [0.15, 0.2) is 5.96 Å². The minimum absolute atomic E-state index is 0.00260. The molecule has 17 N–H and O–H groups in total. The number of pyridine rings is 1. The molecule has 0 radical (unpaired) electrons. The van der Waals surface area contributed by atoms with Gasteiger partial charge < -0.3 is 80.2 Å². The average molecular weight is 1120 g/mol. The van der Waals surface area contributed by atoms with Gasteiger partial charge in [0.2, 0.25) is 41.4 Å². The maximum atomic E-state index is 14.1. The van der Waals surface area contributed by atoms with Gasteiger partial charge in [-0.3, -0.25) is 43.5 Å². The SMILES string of the molecule is CCN(CCCC(C)Nc1ccnc2cc(Cl)ccc12)CCOC(=O)N[C@@H](CCCC(N)=O)C(=O)N[C@@H](CCCCN)C(=O)N[C@@H](CCCN=C(N)N)C(=O)N[C@@H](C)C(=O)N[C@@H](C)C(=O)N[C@@H](Cc1ccc(O)cc1)C(=O)NC. The van der Waals surface area contributed by atoms with Gasteiger partial charge in [-0.25, -0.2) is 4.79 Å². The number of unbranched alkanes of at least 4 members (excludes halogenated alkanes) is 1. The van der Waals surface area contributed by atoms with E-state index in [1.165, 1.54) is 33.0 Å². The number of nitrogens with two attached hydrogens (primary N) is 4. The van der Waals surface area contributed by atoms with Crippen molar-refractivity contribution in [2.75, 3.05) is 51.7 Å². The van der Waals surface area contributed by atoms with Gasteiger partial charge in [-0.15, -0.1) is 0 Å². The number of benzene rings is 2. The Labute approximate surface area is 466 Å². The number of rotatable bonds is 36. The number of amides is 8. The Morgan fingerprint density at radius 3 is 1.91 bits per heavy atom. The Balaban J connectivity index is 1.65. The highest BCUT2D eigenvalue weighted by Gasteiger charge is 2.32. The van der Waals surface area contributed by atoms with Gasteiger partial charge >= 0.3 is 6.09 Å². The summed E-state index contributed by atoms with van der Waals surface area (Å²) in [6, 6.07) is 6.49. The fraction of sp³-hybridized carbons (Fsp3) is 0.547. The van der Waals surface area contributed by atoms with E-state index in [0.29, 0.717) is 36.5 Å². The Morgan fingerprint density at radius 2 is 1.29 bits per heavy atom. The second kappa shape index (κ2) is 35.1. The summed E-state index contributed by atoms with van der Waals surface area (Å²) in [5.41, 5.74) is 24.6. The van der Waals surface area contributed by atoms with E-state index in [0.717, 1.165) is 36.0 Å². The maximum Gasteiger partial charge on any atom is 0.407 e. The first-order valence-electron chi connectivity index (χ1n) is 26.7. The first-order chi connectivity index (χ1) is 37.6. The zero-order chi connectivity index (χ0) is 58.4. The van der Waals surface area contributed by atoms with Crippen LogP contribution in [-0.4, -0.2) is 157 Å². The summed E-state index contributed by atoms with van der Waals surface area (Å²) < 4.78 is 5.52. The lowest BCUT2D eigenvalue weighted by Gasteiger charge is -2.26. The molecule has 0 aliphatic rings. The molecule has 0 spiro atoms. The van der Waals surface area contributed by atoms with Crippen LogP contribution < -0.4 is 65.5 Å². The number of anilines is 1. The standard InChI is InChI=1S/C53H82ClN15O10/c1-6-69(27-11-12-32(2)62-39-23-26-60-43-31-36(54)19-22-38(39)43)28-29-79-53(78)68-42(14-9-16-45(56)71)51(77)65-40(13-7-8-24-55)50(76)66-41(15-10-25-61-52(57)58)49(75)64-33(3)46(72)63-34(4)47(73)67-44(48(74)59-5)30-35-17-20-37(70)21-18-35/h17-23,26,31-34,40-42,44,70H,6-16,24-25,27-30,55H2,1-5H3,(H2,56,71)(H,59,74)(H,60,62)(H,63,72)(H,64,75)(H,65,77)(H,66,76)(H,67,73)(H,68,78)(H4,57,58,61)/t32?,33-,34-,40-,41-,42-,44-/m0/s1. The minimum Gasteiger partial charge on any atom is -0.508 e. The first-order valence-corrected chi connectivity index (χ1v) is 27.0. The molecule has 1 aromatic heterocycles. The van der Waals surface area contributed by atoms with Crippen molar-refractivity contribution in [3.63, 3.8) is 0 Å². The summed E-state index contributed by atoms with van der Waals surface area (Å²) in [4.78, 5) is 117.